The topological polar surface area (TPSA) is 143 Å². The van der Waals surface area contributed by atoms with E-state index < -0.39 is 18.0 Å². The zero-order chi connectivity index (χ0) is 40.3. The molecular formula is C45H45Cl2N5O5. The van der Waals surface area contributed by atoms with Crippen molar-refractivity contribution < 1.29 is 23.9 Å². The monoisotopic (exact) mass is 805 g/mol. The van der Waals surface area contributed by atoms with Gasteiger partial charge >= 0.3 is 6.09 Å². The Morgan fingerprint density at radius 1 is 0.842 bits per heavy atom. The maximum Gasteiger partial charge on any atom is 0.407 e. The van der Waals surface area contributed by atoms with Crippen LogP contribution in [0.1, 0.15) is 65.6 Å². The van der Waals surface area contributed by atoms with Gasteiger partial charge in [0.1, 0.15) is 12.6 Å². The summed E-state index contributed by atoms with van der Waals surface area (Å²) < 4.78 is 5.83. The quantitative estimate of drug-likeness (QED) is 0.0490. The van der Waals surface area contributed by atoms with E-state index >= 15 is 0 Å². The van der Waals surface area contributed by atoms with E-state index in [1.165, 1.54) is 4.90 Å². The number of carbonyl (C=O) groups excluding carboxylic acids is 4. The number of nitrogens with one attached hydrogen (secondary N) is 2. The van der Waals surface area contributed by atoms with Gasteiger partial charge in [-0.1, -0.05) is 109 Å². The predicted molar refractivity (Wildman–Crippen MR) is 226 cm³/mol. The van der Waals surface area contributed by atoms with Crippen molar-refractivity contribution >= 4 is 63.5 Å². The third kappa shape index (κ3) is 10.8. The molecule has 0 spiro atoms. The normalized spacial score (nSPS) is 12.7. The highest BCUT2D eigenvalue weighted by Gasteiger charge is 2.31. The highest BCUT2D eigenvalue weighted by Crippen LogP contribution is 2.44. The Hall–Kier alpha value is -5.71. The average molecular weight is 807 g/mol. The Labute approximate surface area is 342 Å². The molecule has 0 aromatic heterocycles. The summed E-state index contributed by atoms with van der Waals surface area (Å²) in [6.45, 7) is 2.16. The Morgan fingerprint density at radius 2 is 1.49 bits per heavy atom. The van der Waals surface area contributed by atoms with Gasteiger partial charge in [-0.3, -0.25) is 19.4 Å². The second kappa shape index (κ2) is 19.4. The number of ether oxygens (including phenoxy) is 1. The van der Waals surface area contributed by atoms with Crippen molar-refractivity contribution in [1.29, 1.82) is 0 Å². The molecule has 5 aromatic rings. The maximum absolute atomic E-state index is 14.4. The second-order valence-electron chi connectivity index (χ2n) is 14.0. The van der Waals surface area contributed by atoms with E-state index in [1.807, 2.05) is 73.7 Å². The number of amides is 3. The van der Waals surface area contributed by atoms with Crippen molar-refractivity contribution in [2.75, 3.05) is 26.2 Å². The first kappa shape index (κ1) is 40.9. The summed E-state index contributed by atoms with van der Waals surface area (Å²) in [7, 11) is 0. The lowest BCUT2D eigenvalue weighted by Gasteiger charge is -2.28. The molecule has 4 N–H and O–H groups in total. The molecule has 1 aliphatic carbocycles. The summed E-state index contributed by atoms with van der Waals surface area (Å²) in [6, 6.07) is 33.1. The molecule has 6 rings (SSSR count). The molecule has 1 atom stereocenters. The number of carbonyl (C=O) groups is 4. The van der Waals surface area contributed by atoms with Crippen LogP contribution in [0.3, 0.4) is 0 Å². The van der Waals surface area contributed by atoms with E-state index in [1.54, 1.807) is 30.3 Å². The first-order valence-electron chi connectivity index (χ1n) is 19.0. The number of nitrogens with zero attached hydrogens (tertiary/aromatic N) is 2. The lowest BCUT2D eigenvalue weighted by molar-refractivity contribution is -0.134. The Morgan fingerprint density at radius 3 is 2.18 bits per heavy atom. The van der Waals surface area contributed by atoms with Crippen molar-refractivity contribution in [2.45, 2.75) is 51.1 Å². The summed E-state index contributed by atoms with van der Waals surface area (Å²) in [4.78, 5) is 60.0. The van der Waals surface area contributed by atoms with Crippen LogP contribution in [0.5, 0.6) is 0 Å². The van der Waals surface area contributed by atoms with Crippen molar-refractivity contribution in [3.8, 4) is 11.1 Å². The van der Waals surface area contributed by atoms with Crippen molar-refractivity contribution in [1.82, 2.24) is 15.5 Å². The highest BCUT2D eigenvalue weighted by atomic mass is 35.5. The van der Waals surface area contributed by atoms with Crippen LogP contribution < -0.4 is 16.4 Å². The summed E-state index contributed by atoms with van der Waals surface area (Å²) in [5.74, 6) is -0.764. The summed E-state index contributed by atoms with van der Waals surface area (Å²) in [5.41, 5.74) is 11.3. The molecule has 0 aliphatic heterocycles. The minimum atomic E-state index is -1.02. The van der Waals surface area contributed by atoms with Gasteiger partial charge in [0.25, 0.3) is 5.91 Å². The van der Waals surface area contributed by atoms with E-state index in [-0.39, 0.29) is 56.7 Å². The number of benzene rings is 5. The zero-order valence-electron chi connectivity index (χ0n) is 31.7. The third-order valence-electron chi connectivity index (χ3n) is 9.99. The number of nitrogens with two attached hydrogens (primary N) is 1. The minimum Gasteiger partial charge on any atom is -0.449 e. The molecule has 294 valence electrons. The van der Waals surface area contributed by atoms with E-state index in [0.29, 0.717) is 46.4 Å². The van der Waals surface area contributed by atoms with Crippen molar-refractivity contribution in [3.63, 3.8) is 0 Å². The lowest BCUT2D eigenvalue weighted by atomic mass is 9.98. The van der Waals surface area contributed by atoms with Crippen LogP contribution in [0.4, 0.5) is 4.79 Å². The molecule has 0 heterocycles. The number of halogens is 2. The van der Waals surface area contributed by atoms with Crippen LogP contribution in [0.25, 0.3) is 21.9 Å². The first-order chi connectivity index (χ1) is 27.6. The first-order valence-corrected chi connectivity index (χ1v) is 19.8. The van der Waals surface area contributed by atoms with Gasteiger partial charge in [-0.2, -0.15) is 0 Å². The molecular weight excluding hydrogens is 761 g/mol. The zero-order valence-corrected chi connectivity index (χ0v) is 33.2. The van der Waals surface area contributed by atoms with E-state index in [9.17, 15) is 19.2 Å². The SMILES string of the molecule is CCC(N)=NCCC[C@H](NC(=O)OCC1c2ccccc2-c2ccccc21)C(=O)N(CCC(=O)CNC(=O)c1ccc2ccccc2c1)Cc1cc(Cl)cc(Cl)c1. The lowest BCUT2D eigenvalue weighted by Crippen LogP contribution is -2.49. The fourth-order valence-electron chi connectivity index (χ4n) is 7.04. The maximum atomic E-state index is 14.4. The minimum absolute atomic E-state index is 0.00253. The van der Waals surface area contributed by atoms with Gasteiger partial charge in [0.05, 0.1) is 12.4 Å². The number of ketones is 1. The number of hydrogen-bond acceptors (Lipinski definition) is 6. The number of fused-ring (bicyclic) bond motifs is 4. The Bertz CT molecular complexity index is 2230. The van der Waals surface area contributed by atoms with Gasteiger partial charge < -0.3 is 26.0 Å². The fraction of sp³-hybridized carbons (Fsp3) is 0.267. The molecule has 0 fully saturated rings. The Kier molecular flexibility index (Phi) is 14.0. The van der Waals surface area contributed by atoms with Crippen LogP contribution in [0.15, 0.2) is 114 Å². The number of alkyl carbamates (subject to hydrolysis) is 1. The molecule has 1 aliphatic rings. The van der Waals surface area contributed by atoms with Gasteiger partial charge in [-0.25, -0.2) is 4.79 Å². The summed E-state index contributed by atoms with van der Waals surface area (Å²) >= 11 is 12.6. The van der Waals surface area contributed by atoms with Crippen LogP contribution in [0, 0.1) is 0 Å². The number of Topliss-reactive ketones (excluding diaryl/α,β-unsaturated/α-hetero) is 1. The molecule has 5 aromatic carbocycles. The van der Waals surface area contributed by atoms with Crippen LogP contribution >= 0.6 is 23.2 Å². The molecule has 57 heavy (non-hydrogen) atoms. The predicted octanol–water partition coefficient (Wildman–Crippen LogP) is 8.32. The van der Waals surface area contributed by atoms with Gasteiger partial charge in [0.2, 0.25) is 5.91 Å². The molecule has 3 amide bonds. The smallest absolute Gasteiger partial charge is 0.407 e. The van der Waals surface area contributed by atoms with Crippen LogP contribution in [0.2, 0.25) is 10.0 Å². The van der Waals surface area contributed by atoms with Gasteiger partial charge in [-0.15, -0.1) is 0 Å². The average Bonchev–Trinajstić information content (AvgIpc) is 3.54. The number of hydrogen-bond donors (Lipinski definition) is 3. The standard InChI is InChI=1S/C45H45Cl2N5O5/c1-2-42(48)49-20-9-16-41(51-45(56)57-28-40-38-14-7-5-12-36(38)37-13-6-8-15-39(37)40)44(55)52(27-29-22-33(46)25-34(47)23-29)21-19-35(53)26-50-43(54)32-18-17-30-10-3-4-11-31(30)24-32/h3-8,10-15,17-18,22-25,40-41H,2,9,16,19-21,26-28H2,1H3,(H2,48,49)(H,50,54)(H,51,56)/t41-/m0/s1. The highest BCUT2D eigenvalue weighted by molar-refractivity contribution is 6.34. The Balaban J connectivity index is 1.15. The summed E-state index contributed by atoms with van der Waals surface area (Å²) in [5, 5.41) is 8.20. The van der Waals surface area contributed by atoms with Gasteiger partial charge in [0.15, 0.2) is 5.78 Å². The van der Waals surface area contributed by atoms with Gasteiger partial charge in [-0.05, 0) is 81.8 Å². The molecule has 0 saturated heterocycles. The van der Waals surface area contributed by atoms with Crippen molar-refractivity contribution in [2.24, 2.45) is 10.7 Å². The molecule has 0 saturated carbocycles. The molecule has 12 heteroatoms. The molecule has 0 bridgehead atoms. The van der Waals surface area contributed by atoms with E-state index in [4.69, 9.17) is 33.7 Å². The molecule has 10 nitrogen and oxygen atoms in total. The fourth-order valence-corrected chi connectivity index (χ4v) is 7.61. The molecule has 0 unspecified atom stereocenters. The van der Waals surface area contributed by atoms with Gasteiger partial charge in [0, 0.05) is 54.0 Å². The van der Waals surface area contributed by atoms with Crippen LogP contribution in [-0.2, 0) is 20.9 Å². The van der Waals surface area contributed by atoms with Crippen LogP contribution in [-0.4, -0.2) is 66.7 Å². The largest absolute Gasteiger partial charge is 0.449 e. The van der Waals surface area contributed by atoms with E-state index in [2.05, 4.69) is 27.8 Å². The van der Waals surface area contributed by atoms with E-state index in [0.717, 1.165) is 33.0 Å². The summed E-state index contributed by atoms with van der Waals surface area (Å²) in [6.07, 6.45) is 0.453. The third-order valence-corrected chi connectivity index (χ3v) is 10.4. The molecule has 0 radical (unpaired) electrons. The second-order valence-corrected chi connectivity index (χ2v) is 14.8. The van der Waals surface area contributed by atoms with Crippen molar-refractivity contribution in [3.05, 3.63) is 141 Å². The number of amidine groups is 1. The number of aliphatic imine (C=N–C) groups is 1. The number of rotatable bonds is 17.